The Labute approximate surface area is 162 Å². The lowest BCUT2D eigenvalue weighted by Gasteiger charge is -2.28. The minimum Gasteiger partial charge on any atom is -0.481 e. The van der Waals surface area contributed by atoms with Crippen molar-refractivity contribution in [2.24, 2.45) is 5.41 Å². The van der Waals surface area contributed by atoms with Crippen LogP contribution in [0, 0.1) is 22.5 Å². The highest BCUT2D eigenvalue weighted by atomic mass is 16.6. The molecule has 2 fully saturated rings. The molecule has 3 rings (SSSR count). The number of carbonyl (C=O) groups is 3. The van der Waals surface area contributed by atoms with Gasteiger partial charge in [-0.15, -0.1) is 0 Å². The Kier molecular flexibility index (Phi) is 5.10. The van der Waals surface area contributed by atoms with Gasteiger partial charge in [-0.05, 0) is 45.2 Å². The van der Waals surface area contributed by atoms with E-state index >= 15 is 0 Å². The zero-order valence-corrected chi connectivity index (χ0v) is 15.9. The van der Waals surface area contributed by atoms with E-state index in [1.807, 2.05) is 0 Å². The number of hydrogen-bond donors (Lipinski definition) is 1. The Morgan fingerprint density at radius 2 is 2.00 bits per heavy atom. The summed E-state index contributed by atoms with van der Waals surface area (Å²) in [5.41, 5.74) is -0.330. The van der Waals surface area contributed by atoms with Gasteiger partial charge in [0, 0.05) is 36.8 Å². The van der Waals surface area contributed by atoms with Crippen molar-refractivity contribution in [3.8, 4) is 0 Å². The maximum absolute atomic E-state index is 13.0. The van der Waals surface area contributed by atoms with E-state index in [-0.39, 0.29) is 24.0 Å². The van der Waals surface area contributed by atoms with Crippen LogP contribution in [-0.2, 0) is 9.59 Å². The number of carboxylic acids is 1. The number of carbonyl (C=O) groups excluding carboxylic acids is 2. The molecular formula is C19H23N3O6. The van der Waals surface area contributed by atoms with E-state index in [0.29, 0.717) is 43.5 Å². The molecule has 0 spiro atoms. The lowest BCUT2D eigenvalue weighted by molar-refractivity contribution is -0.385. The standard InChI is InChI=1S/C19H23N3O6/c1-12-10-13(5-6-14(12)22(27)28)16(23)21-8-3-4-15(21)17(24)20-9-7-19(2,11-20)18(25)26/h5-6,10,15H,3-4,7-9,11H2,1-2H3,(H,25,26). The Morgan fingerprint density at radius 3 is 2.57 bits per heavy atom. The lowest BCUT2D eigenvalue weighted by atomic mass is 9.90. The molecule has 2 amide bonds. The Balaban J connectivity index is 1.77. The molecule has 0 bridgehead atoms. The van der Waals surface area contributed by atoms with Crippen LogP contribution in [0.4, 0.5) is 5.69 Å². The fourth-order valence-electron chi connectivity index (χ4n) is 3.96. The highest BCUT2D eigenvalue weighted by Gasteiger charge is 2.45. The molecule has 0 aromatic heterocycles. The van der Waals surface area contributed by atoms with Crippen LogP contribution in [-0.4, -0.2) is 63.3 Å². The van der Waals surface area contributed by atoms with Gasteiger partial charge in [0.2, 0.25) is 5.91 Å². The van der Waals surface area contributed by atoms with Gasteiger partial charge in [-0.3, -0.25) is 24.5 Å². The van der Waals surface area contributed by atoms with Gasteiger partial charge < -0.3 is 14.9 Å². The summed E-state index contributed by atoms with van der Waals surface area (Å²) in [5, 5.41) is 20.3. The number of nitro benzene ring substituents is 1. The summed E-state index contributed by atoms with van der Waals surface area (Å²) < 4.78 is 0. The minimum atomic E-state index is -0.960. The van der Waals surface area contributed by atoms with Crippen LogP contribution in [0.2, 0.25) is 0 Å². The third kappa shape index (κ3) is 3.44. The number of likely N-dealkylation sites (tertiary alicyclic amines) is 2. The van der Waals surface area contributed by atoms with Crippen molar-refractivity contribution in [1.82, 2.24) is 9.80 Å². The maximum Gasteiger partial charge on any atom is 0.311 e. The number of hydrogen-bond acceptors (Lipinski definition) is 5. The average molecular weight is 389 g/mol. The minimum absolute atomic E-state index is 0.0596. The summed E-state index contributed by atoms with van der Waals surface area (Å²) in [7, 11) is 0. The Morgan fingerprint density at radius 1 is 1.29 bits per heavy atom. The topological polar surface area (TPSA) is 121 Å². The molecule has 2 aliphatic heterocycles. The molecule has 2 aliphatic rings. The van der Waals surface area contributed by atoms with Crippen molar-refractivity contribution >= 4 is 23.5 Å². The first-order valence-electron chi connectivity index (χ1n) is 9.22. The van der Waals surface area contributed by atoms with E-state index in [2.05, 4.69) is 0 Å². The smallest absolute Gasteiger partial charge is 0.311 e. The number of amides is 2. The van der Waals surface area contributed by atoms with Crippen LogP contribution in [0.3, 0.4) is 0 Å². The third-order valence-corrected chi connectivity index (χ3v) is 5.74. The quantitative estimate of drug-likeness (QED) is 0.619. The van der Waals surface area contributed by atoms with Crippen LogP contribution in [0.15, 0.2) is 18.2 Å². The van der Waals surface area contributed by atoms with E-state index in [4.69, 9.17) is 0 Å². The molecule has 2 unspecified atom stereocenters. The molecule has 150 valence electrons. The second-order valence-corrected chi connectivity index (χ2v) is 7.79. The zero-order valence-electron chi connectivity index (χ0n) is 15.9. The zero-order chi connectivity index (χ0) is 20.6. The van der Waals surface area contributed by atoms with Crippen molar-refractivity contribution in [2.45, 2.75) is 39.2 Å². The first-order chi connectivity index (χ1) is 13.1. The largest absolute Gasteiger partial charge is 0.481 e. The second kappa shape index (κ2) is 7.21. The monoisotopic (exact) mass is 389 g/mol. The molecule has 0 aliphatic carbocycles. The molecular weight excluding hydrogens is 366 g/mol. The van der Waals surface area contributed by atoms with Gasteiger partial charge in [0.1, 0.15) is 6.04 Å². The lowest BCUT2D eigenvalue weighted by Crippen LogP contribution is -2.48. The molecule has 1 N–H and O–H groups in total. The number of aryl methyl sites for hydroxylation is 1. The first kappa shape index (κ1) is 19.8. The highest BCUT2D eigenvalue weighted by Crippen LogP contribution is 2.32. The van der Waals surface area contributed by atoms with E-state index in [0.717, 1.165) is 0 Å². The van der Waals surface area contributed by atoms with Gasteiger partial charge >= 0.3 is 5.97 Å². The molecule has 9 nitrogen and oxygen atoms in total. The first-order valence-corrected chi connectivity index (χ1v) is 9.22. The summed E-state index contributed by atoms with van der Waals surface area (Å²) in [6.45, 7) is 4.11. The third-order valence-electron chi connectivity index (χ3n) is 5.74. The van der Waals surface area contributed by atoms with E-state index in [1.54, 1.807) is 13.8 Å². The van der Waals surface area contributed by atoms with E-state index in [1.165, 1.54) is 28.0 Å². The summed E-state index contributed by atoms with van der Waals surface area (Å²) in [6, 6.07) is 3.55. The van der Waals surface area contributed by atoms with E-state index < -0.39 is 22.3 Å². The Hall–Kier alpha value is -2.97. The van der Waals surface area contributed by atoms with Crippen molar-refractivity contribution < 1.29 is 24.4 Å². The molecule has 0 radical (unpaired) electrons. The molecule has 1 aromatic carbocycles. The number of nitro groups is 1. The number of nitrogens with zero attached hydrogens (tertiary/aromatic N) is 3. The normalized spacial score (nSPS) is 24.4. The molecule has 2 atom stereocenters. The van der Waals surface area contributed by atoms with Gasteiger partial charge in [0.15, 0.2) is 0 Å². The fraction of sp³-hybridized carbons (Fsp3) is 0.526. The predicted molar refractivity (Wildman–Crippen MR) is 98.8 cm³/mol. The van der Waals surface area contributed by atoms with Crippen LogP contribution in [0.1, 0.15) is 42.1 Å². The molecule has 1 aromatic rings. The van der Waals surface area contributed by atoms with E-state index in [9.17, 15) is 29.6 Å². The van der Waals surface area contributed by atoms with Crippen LogP contribution < -0.4 is 0 Å². The van der Waals surface area contributed by atoms with Crippen molar-refractivity contribution in [2.75, 3.05) is 19.6 Å². The van der Waals surface area contributed by atoms with Crippen LogP contribution in [0.25, 0.3) is 0 Å². The maximum atomic E-state index is 13.0. The molecule has 9 heteroatoms. The van der Waals surface area contributed by atoms with Gasteiger partial charge in [0.25, 0.3) is 11.6 Å². The molecule has 2 saturated heterocycles. The van der Waals surface area contributed by atoms with Crippen molar-refractivity contribution in [1.29, 1.82) is 0 Å². The van der Waals surface area contributed by atoms with Gasteiger partial charge in [-0.25, -0.2) is 0 Å². The summed E-state index contributed by atoms with van der Waals surface area (Å²) in [5.74, 6) is -1.49. The van der Waals surface area contributed by atoms with Crippen LogP contribution >= 0.6 is 0 Å². The number of aliphatic carboxylic acids is 1. The SMILES string of the molecule is Cc1cc(C(=O)N2CCCC2C(=O)N2CCC(C)(C(=O)O)C2)ccc1[N+](=O)[O-]. The second-order valence-electron chi connectivity index (χ2n) is 7.79. The van der Waals surface area contributed by atoms with Crippen LogP contribution in [0.5, 0.6) is 0 Å². The number of benzene rings is 1. The molecule has 28 heavy (non-hydrogen) atoms. The van der Waals surface area contributed by atoms with Crippen molar-refractivity contribution in [3.63, 3.8) is 0 Å². The molecule has 0 saturated carbocycles. The van der Waals surface area contributed by atoms with Gasteiger partial charge in [-0.2, -0.15) is 0 Å². The van der Waals surface area contributed by atoms with Gasteiger partial charge in [0.05, 0.1) is 10.3 Å². The number of rotatable bonds is 4. The Bertz CT molecular complexity index is 854. The number of carboxylic acid groups (broad SMARTS) is 1. The predicted octanol–water partition coefficient (Wildman–Crippen LogP) is 1.83. The highest BCUT2D eigenvalue weighted by molar-refractivity contribution is 5.98. The summed E-state index contributed by atoms with van der Waals surface area (Å²) in [6.07, 6.45) is 1.59. The fourth-order valence-corrected chi connectivity index (χ4v) is 3.96. The summed E-state index contributed by atoms with van der Waals surface area (Å²) in [4.78, 5) is 50.8. The summed E-state index contributed by atoms with van der Waals surface area (Å²) >= 11 is 0. The average Bonchev–Trinajstić information content (AvgIpc) is 3.28. The van der Waals surface area contributed by atoms with Crippen molar-refractivity contribution in [3.05, 3.63) is 39.4 Å². The molecule has 2 heterocycles. The van der Waals surface area contributed by atoms with Gasteiger partial charge in [-0.1, -0.05) is 0 Å².